The summed E-state index contributed by atoms with van der Waals surface area (Å²) in [6.07, 6.45) is 0.621. The van der Waals surface area contributed by atoms with Gasteiger partial charge in [-0.2, -0.15) is 0 Å². The van der Waals surface area contributed by atoms with Crippen LogP contribution in [0.1, 0.15) is 13.3 Å². The van der Waals surface area contributed by atoms with Gasteiger partial charge in [-0.15, -0.1) is 0 Å². The van der Waals surface area contributed by atoms with Gasteiger partial charge in [0, 0.05) is 13.6 Å². The van der Waals surface area contributed by atoms with E-state index >= 15 is 0 Å². The van der Waals surface area contributed by atoms with Crippen molar-refractivity contribution in [1.29, 1.82) is 0 Å². The highest BCUT2D eigenvalue weighted by molar-refractivity contribution is 7.89. The number of hydrogen-bond acceptors (Lipinski definition) is 2. The lowest BCUT2D eigenvalue weighted by Gasteiger charge is -2.13. The van der Waals surface area contributed by atoms with Crippen molar-refractivity contribution in [2.24, 2.45) is 0 Å². The SMILES string of the molecule is [CH2]CCN(C)S(=O)(=O)CC. The molecule has 0 aliphatic carbocycles. The minimum atomic E-state index is -2.97. The van der Waals surface area contributed by atoms with Crippen LogP contribution in [-0.4, -0.2) is 32.1 Å². The summed E-state index contributed by atoms with van der Waals surface area (Å²) in [6.45, 7) is 5.71. The van der Waals surface area contributed by atoms with Gasteiger partial charge in [0.25, 0.3) is 0 Å². The van der Waals surface area contributed by atoms with Gasteiger partial charge in [0.1, 0.15) is 0 Å². The van der Waals surface area contributed by atoms with Gasteiger partial charge < -0.3 is 0 Å². The summed E-state index contributed by atoms with van der Waals surface area (Å²) < 4.78 is 23.3. The molecule has 0 aromatic heterocycles. The average Bonchev–Trinajstić information content (AvgIpc) is 1.89. The molecule has 0 aromatic rings. The normalized spacial score (nSPS) is 12.4. The molecule has 0 amide bonds. The van der Waals surface area contributed by atoms with Gasteiger partial charge in [-0.05, 0) is 13.3 Å². The predicted molar refractivity (Wildman–Crippen MR) is 42.1 cm³/mol. The zero-order chi connectivity index (χ0) is 8.20. The summed E-state index contributed by atoms with van der Waals surface area (Å²) in [5.41, 5.74) is 0. The van der Waals surface area contributed by atoms with E-state index in [1.165, 1.54) is 4.31 Å². The highest BCUT2D eigenvalue weighted by Crippen LogP contribution is 1.97. The van der Waals surface area contributed by atoms with E-state index in [0.29, 0.717) is 13.0 Å². The molecule has 0 rings (SSSR count). The quantitative estimate of drug-likeness (QED) is 0.606. The third kappa shape index (κ3) is 2.66. The van der Waals surface area contributed by atoms with Crippen LogP contribution in [0.15, 0.2) is 0 Å². The second-order valence-electron chi connectivity index (χ2n) is 2.08. The second-order valence-corrected chi connectivity index (χ2v) is 4.44. The topological polar surface area (TPSA) is 37.4 Å². The maximum absolute atomic E-state index is 11.0. The fourth-order valence-corrected chi connectivity index (χ4v) is 1.43. The van der Waals surface area contributed by atoms with Crippen molar-refractivity contribution in [3.05, 3.63) is 6.92 Å². The van der Waals surface area contributed by atoms with Crippen molar-refractivity contribution in [1.82, 2.24) is 4.31 Å². The van der Waals surface area contributed by atoms with Crippen molar-refractivity contribution in [2.75, 3.05) is 19.3 Å². The fourth-order valence-electron chi connectivity index (χ4n) is 0.582. The molecule has 0 fully saturated rings. The largest absolute Gasteiger partial charge is 0.213 e. The van der Waals surface area contributed by atoms with Crippen LogP contribution in [0.25, 0.3) is 0 Å². The Kier molecular flexibility index (Phi) is 3.89. The van der Waals surface area contributed by atoms with Crippen molar-refractivity contribution in [3.63, 3.8) is 0 Å². The minimum Gasteiger partial charge on any atom is -0.212 e. The second kappa shape index (κ2) is 3.93. The van der Waals surface area contributed by atoms with Crippen molar-refractivity contribution >= 4 is 10.0 Å². The van der Waals surface area contributed by atoms with Gasteiger partial charge in [-0.1, -0.05) is 6.92 Å². The summed E-state index contributed by atoms with van der Waals surface area (Å²) in [5.74, 6) is 0.170. The van der Waals surface area contributed by atoms with Crippen LogP contribution in [0.2, 0.25) is 0 Å². The highest BCUT2D eigenvalue weighted by Gasteiger charge is 2.12. The van der Waals surface area contributed by atoms with Crippen LogP contribution in [0.5, 0.6) is 0 Å². The molecule has 10 heavy (non-hydrogen) atoms. The first-order valence-electron chi connectivity index (χ1n) is 3.28. The van der Waals surface area contributed by atoms with Crippen molar-refractivity contribution in [2.45, 2.75) is 13.3 Å². The Morgan fingerprint density at radius 3 is 2.30 bits per heavy atom. The number of hydrogen-bond donors (Lipinski definition) is 0. The van der Waals surface area contributed by atoms with Gasteiger partial charge in [0.15, 0.2) is 0 Å². The number of rotatable bonds is 4. The van der Waals surface area contributed by atoms with E-state index in [0.717, 1.165) is 0 Å². The first-order valence-corrected chi connectivity index (χ1v) is 4.88. The predicted octanol–water partition coefficient (Wildman–Crippen LogP) is 0.492. The third-order valence-electron chi connectivity index (χ3n) is 1.31. The fraction of sp³-hybridized carbons (Fsp3) is 0.833. The molecule has 0 unspecified atom stereocenters. The molecule has 0 atom stereocenters. The van der Waals surface area contributed by atoms with Crippen molar-refractivity contribution in [3.8, 4) is 0 Å². The van der Waals surface area contributed by atoms with Gasteiger partial charge in [-0.25, -0.2) is 12.7 Å². The van der Waals surface area contributed by atoms with E-state index in [1.54, 1.807) is 14.0 Å². The van der Waals surface area contributed by atoms with E-state index in [2.05, 4.69) is 6.92 Å². The van der Waals surface area contributed by atoms with Gasteiger partial charge in [-0.3, -0.25) is 0 Å². The molecule has 0 saturated carbocycles. The number of nitrogens with zero attached hydrogens (tertiary/aromatic N) is 1. The van der Waals surface area contributed by atoms with Crippen LogP contribution in [0.4, 0.5) is 0 Å². The zero-order valence-electron chi connectivity index (χ0n) is 6.50. The molecule has 0 spiro atoms. The molecule has 0 heterocycles. The van der Waals surface area contributed by atoms with Gasteiger partial charge in [0.05, 0.1) is 5.75 Å². The molecule has 0 aromatic carbocycles. The lowest BCUT2D eigenvalue weighted by atomic mass is 10.5. The van der Waals surface area contributed by atoms with E-state index in [1.807, 2.05) is 0 Å². The molecule has 3 nitrogen and oxygen atoms in total. The maximum atomic E-state index is 11.0. The standard InChI is InChI=1S/C6H14NO2S/c1-4-6-7(3)10(8,9)5-2/h1,4-6H2,2-3H3. The monoisotopic (exact) mass is 164 g/mol. The molecule has 0 aliphatic rings. The number of sulfonamides is 1. The molecule has 4 heteroatoms. The molecule has 0 N–H and O–H groups in total. The zero-order valence-corrected chi connectivity index (χ0v) is 7.32. The molecule has 0 aliphatic heterocycles. The average molecular weight is 164 g/mol. The van der Waals surface area contributed by atoms with Gasteiger partial charge >= 0.3 is 0 Å². The summed E-state index contributed by atoms with van der Waals surface area (Å²) >= 11 is 0. The first-order chi connectivity index (χ1) is 4.54. The van der Waals surface area contributed by atoms with E-state index < -0.39 is 10.0 Å². The summed E-state index contributed by atoms with van der Waals surface area (Å²) in [5, 5.41) is 0. The Morgan fingerprint density at radius 1 is 1.50 bits per heavy atom. The van der Waals surface area contributed by atoms with Crippen molar-refractivity contribution < 1.29 is 8.42 Å². The molecule has 61 valence electrons. The van der Waals surface area contributed by atoms with Crippen LogP contribution < -0.4 is 0 Å². The Morgan fingerprint density at radius 2 is 2.00 bits per heavy atom. The first kappa shape index (κ1) is 9.91. The molecular formula is C6H14NO2S. The Bertz CT molecular complexity index is 174. The molecule has 1 radical (unpaired) electrons. The Balaban J connectivity index is 4.06. The van der Waals surface area contributed by atoms with Gasteiger partial charge in [0.2, 0.25) is 10.0 Å². The lowest BCUT2D eigenvalue weighted by Crippen LogP contribution is -2.28. The highest BCUT2D eigenvalue weighted by atomic mass is 32.2. The summed E-state index contributed by atoms with van der Waals surface area (Å²) in [4.78, 5) is 0. The molecule has 0 saturated heterocycles. The lowest BCUT2D eigenvalue weighted by molar-refractivity contribution is 0.476. The van der Waals surface area contributed by atoms with E-state index in [9.17, 15) is 8.42 Å². The van der Waals surface area contributed by atoms with Crippen LogP contribution in [0, 0.1) is 6.92 Å². The van der Waals surface area contributed by atoms with Crippen LogP contribution in [0.3, 0.4) is 0 Å². The maximum Gasteiger partial charge on any atom is 0.213 e. The van der Waals surface area contributed by atoms with E-state index in [4.69, 9.17) is 0 Å². The Labute approximate surface area is 63.1 Å². The third-order valence-corrected chi connectivity index (χ3v) is 3.17. The molecular weight excluding hydrogens is 150 g/mol. The minimum absolute atomic E-state index is 0.170. The van der Waals surface area contributed by atoms with E-state index in [-0.39, 0.29) is 5.75 Å². The Hall–Kier alpha value is -0.0900. The molecule has 0 bridgehead atoms. The smallest absolute Gasteiger partial charge is 0.212 e. The van der Waals surface area contributed by atoms with Crippen LogP contribution in [-0.2, 0) is 10.0 Å². The summed E-state index contributed by atoms with van der Waals surface area (Å²) in [6, 6.07) is 0. The summed E-state index contributed by atoms with van der Waals surface area (Å²) in [7, 11) is -1.39. The van der Waals surface area contributed by atoms with Crippen LogP contribution >= 0.6 is 0 Å².